The standard InChI is InChI=1S/C27H32N4O/c1-18-16-21(19-10-13-31(14-11-19)15-12-28-2)17-23-26(18)30-27(29-23)25-22-7-5-4-6-20(22)8-9-24(25)32-3/h4-9,16-17,19,28H,10-15H2,1-3H3,(H,29,30). The summed E-state index contributed by atoms with van der Waals surface area (Å²) in [6, 6.07) is 17.2. The summed E-state index contributed by atoms with van der Waals surface area (Å²) in [5.74, 6) is 2.33. The van der Waals surface area contributed by atoms with Crippen LogP contribution in [0.15, 0.2) is 48.5 Å². The Balaban J connectivity index is 1.50. The van der Waals surface area contributed by atoms with Crippen molar-refractivity contribution < 1.29 is 4.74 Å². The van der Waals surface area contributed by atoms with Gasteiger partial charge in [0.1, 0.15) is 11.6 Å². The Hall–Kier alpha value is -2.89. The molecule has 5 heteroatoms. The highest BCUT2D eigenvalue weighted by Gasteiger charge is 2.22. The van der Waals surface area contributed by atoms with E-state index in [-0.39, 0.29) is 0 Å². The summed E-state index contributed by atoms with van der Waals surface area (Å²) >= 11 is 0. The summed E-state index contributed by atoms with van der Waals surface area (Å²) < 4.78 is 5.72. The van der Waals surface area contributed by atoms with E-state index in [0.717, 1.165) is 46.6 Å². The zero-order chi connectivity index (χ0) is 22.1. The first kappa shape index (κ1) is 21.0. The maximum absolute atomic E-state index is 5.72. The van der Waals surface area contributed by atoms with Gasteiger partial charge in [-0.05, 0) is 79.9 Å². The van der Waals surface area contributed by atoms with Crippen molar-refractivity contribution in [3.63, 3.8) is 0 Å². The molecule has 166 valence electrons. The molecule has 0 atom stereocenters. The van der Waals surface area contributed by atoms with Gasteiger partial charge in [0.05, 0.1) is 23.7 Å². The number of fused-ring (bicyclic) bond motifs is 2. The molecule has 1 aromatic heterocycles. The number of likely N-dealkylation sites (tertiary alicyclic amines) is 1. The molecule has 0 spiro atoms. The van der Waals surface area contributed by atoms with Gasteiger partial charge in [-0.25, -0.2) is 4.98 Å². The Kier molecular flexibility index (Phi) is 5.85. The second kappa shape index (κ2) is 8.93. The predicted octanol–water partition coefficient (Wildman–Crippen LogP) is 5.10. The molecule has 5 nitrogen and oxygen atoms in total. The van der Waals surface area contributed by atoms with Crippen LogP contribution < -0.4 is 10.1 Å². The quantitative estimate of drug-likeness (QED) is 0.449. The first-order valence-corrected chi connectivity index (χ1v) is 11.6. The minimum Gasteiger partial charge on any atom is -0.496 e. The van der Waals surface area contributed by atoms with Crippen molar-refractivity contribution in [2.45, 2.75) is 25.7 Å². The van der Waals surface area contributed by atoms with Gasteiger partial charge in [0.25, 0.3) is 0 Å². The number of benzene rings is 3. The van der Waals surface area contributed by atoms with Crippen LogP contribution in [0.2, 0.25) is 0 Å². The fourth-order valence-electron chi connectivity index (χ4n) is 5.10. The molecular weight excluding hydrogens is 396 g/mol. The van der Waals surface area contributed by atoms with E-state index in [1.54, 1.807) is 7.11 Å². The van der Waals surface area contributed by atoms with Gasteiger partial charge < -0.3 is 19.9 Å². The normalized spacial score (nSPS) is 15.6. The molecule has 4 aromatic rings. The number of hydrogen-bond donors (Lipinski definition) is 2. The Morgan fingerprint density at radius 1 is 1.12 bits per heavy atom. The van der Waals surface area contributed by atoms with Gasteiger partial charge >= 0.3 is 0 Å². The zero-order valence-electron chi connectivity index (χ0n) is 19.2. The summed E-state index contributed by atoms with van der Waals surface area (Å²) in [5, 5.41) is 5.60. The molecular formula is C27H32N4O. The smallest absolute Gasteiger partial charge is 0.142 e. The van der Waals surface area contributed by atoms with Gasteiger partial charge in [0.2, 0.25) is 0 Å². The Bertz CT molecular complexity index is 1240. The fourth-order valence-corrected chi connectivity index (χ4v) is 5.10. The molecule has 3 aromatic carbocycles. The number of imidazole rings is 1. The summed E-state index contributed by atoms with van der Waals surface area (Å²) in [7, 11) is 3.75. The number of piperidine rings is 1. The van der Waals surface area contributed by atoms with Crippen molar-refractivity contribution in [1.29, 1.82) is 0 Å². The third-order valence-electron chi connectivity index (χ3n) is 6.88. The Morgan fingerprint density at radius 3 is 2.72 bits per heavy atom. The number of nitrogens with zero attached hydrogens (tertiary/aromatic N) is 2. The minimum atomic E-state index is 0.614. The van der Waals surface area contributed by atoms with Crippen LogP contribution in [0.4, 0.5) is 0 Å². The molecule has 2 N–H and O–H groups in total. The van der Waals surface area contributed by atoms with Crippen molar-refractivity contribution in [2.24, 2.45) is 0 Å². The monoisotopic (exact) mass is 428 g/mol. The molecule has 32 heavy (non-hydrogen) atoms. The van der Waals surface area contributed by atoms with Crippen LogP contribution in [0.1, 0.15) is 29.9 Å². The van der Waals surface area contributed by atoms with E-state index >= 15 is 0 Å². The number of nitrogens with one attached hydrogen (secondary N) is 2. The highest BCUT2D eigenvalue weighted by Crippen LogP contribution is 2.38. The van der Waals surface area contributed by atoms with E-state index < -0.39 is 0 Å². The number of hydrogen-bond acceptors (Lipinski definition) is 4. The highest BCUT2D eigenvalue weighted by molar-refractivity contribution is 5.99. The molecule has 0 saturated carbocycles. The van der Waals surface area contributed by atoms with E-state index in [0.29, 0.717) is 5.92 Å². The molecule has 0 radical (unpaired) electrons. The SMILES string of the molecule is CNCCN1CCC(c2cc(C)c3nc(-c4c(OC)ccc5ccccc45)[nH]c3c2)CC1. The van der Waals surface area contributed by atoms with Crippen molar-refractivity contribution in [3.8, 4) is 17.1 Å². The van der Waals surface area contributed by atoms with Crippen molar-refractivity contribution in [3.05, 3.63) is 59.7 Å². The molecule has 1 saturated heterocycles. The summed E-state index contributed by atoms with van der Waals surface area (Å²) in [6.45, 7) is 6.72. The van der Waals surface area contributed by atoms with Crippen LogP contribution in [-0.2, 0) is 0 Å². The number of likely N-dealkylation sites (N-methyl/N-ethyl adjacent to an activating group) is 1. The molecule has 0 aliphatic carbocycles. The molecule has 1 fully saturated rings. The third-order valence-corrected chi connectivity index (χ3v) is 6.88. The molecule has 1 aliphatic rings. The highest BCUT2D eigenvalue weighted by atomic mass is 16.5. The van der Waals surface area contributed by atoms with Crippen LogP contribution in [0.5, 0.6) is 5.75 Å². The van der Waals surface area contributed by atoms with Crippen LogP contribution in [0, 0.1) is 6.92 Å². The summed E-state index contributed by atoms with van der Waals surface area (Å²) in [6.07, 6.45) is 2.43. The number of aromatic nitrogens is 2. The van der Waals surface area contributed by atoms with Gasteiger partial charge in [-0.2, -0.15) is 0 Å². The van der Waals surface area contributed by atoms with Crippen molar-refractivity contribution in [1.82, 2.24) is 20.2 Å². The lowest BCUT2D eigenvalue weighted by Crippen LogP contribution is -2.37. The van der Waals surface area contributed by atoms with E-state index in [2.05, 4.69) is 64.6 Å². The first-order chi connectivity index (χ1) is 15.7. The lowest BCUT2D eigenvalue weighted by atomic mass is 9.88. The number of rotatable bonds is 6. The number of ether oxygens (including phenoxy) is 1. The number of H-pyrrole nitrogens is 1. The van der Waals surface area contributed by atoms with E-state index in [4.69, 9.17) is 9.72 Å². The van der Waals surface area contributed by atoms with Gasteiger partial charge in [0.15, 0.2) is 0 Å². The fraction of sp³-hybridized carbons (Fsp3) is 0.370. The maximum atomic E-state index is 5.72. The summed E-state index contributed by atoms with van der Waals surface area (Å²) in [5.41, 5.74) is 5.86. The van der Waals surface area contributed by atoms with E-state index in [1.807, 2.05) is 13.1 Å². The van der Waals surface area contributed by atoms with Crippen molar-refractivity contribution >= 4 is 21.8 Å². The second-order valence-electron chi connectivity index (χ2n) is 8.90. The lowest BCUT2D eigenvalue weighted by molar-refractivity contribution is 0.214. The number of aromatic amines is 1. The van der Waals surface area contributed by atoms with Crippen LogP contribution in [0.3, 0.4) is 0 Å². The van der Waals surface area contributed by atoms with Gasteiger partial charge in [-0.15, -0.1) is 0 Å². The molecule has 0 bridgehead atoms. The molecule has 2 heterocycles. The minimum absolute atomic E-state index is 0.614. The zero-order valence-corrected chi connectivity index (χ0v) is 19.2. The number of methoxy groups -OCH3 is 1. The van der Waals surface area contributed by atoms with Gasteiger partial charge in [-0.3, -0.25) is 0 Å². The second-order valence-corrected chi connectivity index (χ2v) is 8.90. The lowest BCUT2D eigenvalue weighted by Gasteiger charge is -2.32. The molecule has 5 rings (SSSR count). The Morgan fingerprint density at radius 2 is 1.94 bits per heavy atom. The van der Waals surface area contributed by atoms with Crippen LogP contribution in [0.25, 0.3) is 33.2 Å². The van der Waals surface area contributed by atoms with Crippen LogP contribution in [-0.4, -0.2) is 55.2 Å². The predicted molar refractivity (Wildman–Crippen MR) is 133 cm³/mol. The van der Waals surface area contributed by atoms with E-state index in [9.17, 15) is 0 Å². The topological polar surface area (TPSA) is 53.2 Å². The molecule has 0 amide bonds. The summed E-state index contributed by atoms with van der Waals surface area (Å²) in [4.78, 5) is 11.2. The Labute approximate surface area is 189 Å². The molecule has 1 aliphatic heterocycles. The van der Waals surface area contributed by atoms with Gasteiger partial charge in [-0.1, -0.05) is 36.4 Å². The van der Waals surface area contributed by atoms with Gasteiger partial charge in [0, 0.05) is 13.1 Å². The maximum Gasteiger partial charge on any atom is 0.142 e. The number of aryl methyl sites for hydroxylation is 1. The third kappa shape index (κ3) is 3.87. The largest absolute Gasteiger partial charge is 0.496 e. The first-order valence-electron chi connectivity index (χ1n) is 11.6. The average molecular weight is 429 g/mol. The molecule has 0 unspecified atom stereocenters. The van der Waals surface area contributed by atoms with Crippen LogP contribution >= 0.6 is 0 Å². The van der Waals surface area contributed by atoms with Crippen molar-refractivity contribution in [2.75, 3.05) is 40.3 Å². The average Bonchev–Trinajstić information content (AvgIpc) is 3.26. The van der Waals surface area contributed by atoms with E-state index in [1.165, 1.54) is 42.4 Å².